The standard InChI is InChI=1S/C20H23ClN2O/c1-23-19-10-9-16(21)13-18(19)17(8-4-2-3-5-12-24)20(23)15-7-6-11-22-14-15/h6-7,9-11,13-14,24H,2-5,8,12H2,1H3. The number of pyridine rings is 1. The zero-order valence-electron chi connectivity index (χ0n) is 14.0. The highest BCUT2D eigenvalue weighted by Gasteiger charge is 2.16. The lowest BCUT2D eigenvalue weighted by molar-refractivity contribution is 0.282. The number of halogens is 1. The van der Waals surface area contributed by atoms with E-state index in [-0.39, 0.29) is 6.61 Å². The number of nitrogens with zero attached hydrogens (tertiary/aromatic N) is 2. The zero-order valence-corrected chi connectivity index (χ0v) is 14.8. The van der Waals surface area contributed by atoms with Gasteiger partial charge in [0.25, 0.3) is 0 Å². The van der Waals surface area contributed by atoms with Crippen LogP contribution in [0.5, 0.6) is 0 Å². The van der Waals surface area contributed by atoms with E-state index in [0.29, 0.717) is 0 Å². The fourth-order valence-corrected chi connectivity index (χ4v) is 3.56. The molecule has 0 spiro atoms. The molecule has 3 aromatic rings. The minimum Gasteiger partial charge on any atom is -0.396 e. The van der Waals surface area contributed by atoms with E-state index in [1.54, 1.807) is 6.20 Å². The highest BCUT2D eigenvalue weighted by Crippen LogP contribution is 2.35. The molecule has 2 aromatic heterocycles. The van der Waals surface area contributed by atoms with Gasteiger partial charge in [-0.25, -0.2) is 0 Å². The maximum atomic E-state index is 8.93. The summed E-state index contributed by atoms with van der Waals surface area (Å²) in [7, 11) is 2.10. The van der Waals surface area contributed by atoms with E-state index in [1.807, 2.05) is 18.3 Å². The minimum absolute atomic E-state index is 0.283. The first-order chi connectivity index (χ1) is 11.7. The second-order valence-corrected chi connectivity index (χ2v) is 6.61. The first kappa shape index (κ1) is 17.0. The maximum Gasteiger partial charge on any atom is 0.0536 e. The van der Waals surface area contributed by atoms with Gasteiger partial charge in [0.2, 0.25) is 0 Å². The quantitative estimate of drug-likeness (QED) is 0.614. The molecule has 3 rings (SSSR count). The second-order valence-electron chi connectivity index (χ2n) is 6.18. The molecule has 0 fully saturated rings. The van der Waals surface area contributed by atoms with E-state index in [4.69, 9.17) is 16.7 Å². The number of fused-ring (bicyclic) bond motifs is 1. The fourth-order valence-electron chi connectivity index (χ4n) is 3.38. The van der Waals surface area contributed by atoms with Gasteiger partial charge in [0.15, 0.2) is 0 Å². The molecule has 0 saturated heterocycles. The Morgan fingerprint density at radius 3 is 2.71 bits per heavy atom. The molecule has 126 valence electrons. The van der Waals surface area contributed by atoms with Crippen LogP contribution in [0.1, 0.15) is 31.2 Å². The molecule has 2 heterocycles. The van der Waals surface area contributed by atoms with Crippen molar-refractivity contribution in [2.75, 3.05) is 6.61 Å². The molecule has 0 aliphatic carbocycles. The average Bonchev–Trinajstić information content (AvgIpc) is 2.87. The Labute approximate surface area is 147 Å². The molecule has 1 N–H and O–H groups in total. The highest BCUT2D eigenvalue weighted by molar-refractivity contribution is 6.31. The first-order valence-corrected chi connectivity index (χ1v) is 8.88. The molecule has 0 saturated carbocycles. The van der Waals surface area contributed by atoms with Crippen molar-refractivity contribution in [1.82, 2.24) is 9.55 Å². The third-order valence-electron chi connectivity index (χ3n) is 4.54. The molecule has 0 radical (unpaired) electrons. The van der Waals surface area contributed by atoms with Gasteiger partial charge in [-0.1, -0.05) is 24.4 Å². The molecule has 3 nitrogen and oxygen atoms in total. The third kappa shape index (κ3) is 3.47. The summed E-state index contributed by atoms with van der Waals surface area (Å²) in [5.74, 6) is 0. The summed E-state index contributed by atoms with van der Waals surface area (Å²) in [6.07, 6.45) is 8.93. The molecular formula is C20H23ClN2O. The predicted octanol–water partition coefficient (Wildman–Crippen LogP) is 4.99. The molecule has 0 aliphatic heterocycles. The van der Waals surface area contributed by atoms with Crippen molar-refractivity contribution in [2.24, 2.45) is 7.05 Å². The monoisotopic (exact) mass is 342 g/mol. The molecule has 0 unspecified atom stereocenters. The lowest BCUT2D eigenvalue weighted by atomic mass is 10.00. The van der Waals surface area contributed by atoms with E-state index in [1.165, 1.54) is 22.2 Å². The Morgan fingerprint density at radius 1 is 1.12 bits per heavy atom. The highest BCUT2D eigenvalue weighted by atomic mass is 35.5. The summed E-state index contributed by atoms with van der Waals surface area (Å²) in [4.78, 5) is 4.28. The van der Waals surface area contributed by atoms with Crippen LogP contribution in [0.15, 0.2) is 42.7 Å². The van der Waals surface area contributed by atoms with E-state index < -0.39 is 0 Å². The molecule has 1 aromatic carbocycles. The van der Waals surface area contributed by atoms with Gasteiger partial charge in [-0.3, -0.25) is 4.98 Å². The Balaban J connectivity index is 2.01. The van der Waals surface area contributed by atoms with E-state index in [9.17, 15) is 0 Å². The van der Waals surface area contributed by atoms with Crippen molar-refractivity contribution in [3.8, 4) is 11.3 Å². The van der Waals surface area contributed by atoms with Crippen LogP contribution in [0, 0.1) is 0 Å². The van der Waals surface area contributed by atoms with Crippen LogP contribution < -0.4 is 0 Å². The summed E-state index contributed by atoms with van der Waals surface area (Å²) in [5, 5.41) is 10.9. The number of rotatable bonds is 7. The topological polar surface area (TPSA) is 38.0 Å². The predicted molar refractivity (Wildman–Crippen MR) is 100 cm³/mol. The van der Waals surface area contributed by atoms with Gasteiger partial charge in [0.1, 0.15) is 0 Å². The third-order valence-corrected chi connectivity index (χ3v) is 4.77. The van der Waals surface area contributed by atoms with Crippen LogP contribution in [-0.4, -0.2) is 21.3 Å². The van der Waals surface area contributed by atoms with Gasteiger partial charge in [0.05, 0.1) is 5.69 Å². The smallest absolute Gasteiger partial charge is 0.0536 e. The van der Waals surface area contributed by atoms with Crippen molar-refractivity contribution >= 4 is 22.5 Å². The van der Waals surface area contributed by atoms with Gasteiger partial charge in [-0.15, -0.1) is 0 Å². The summed E-state index contributed by atoms with van der Waals surface area (Å²) < 4.78 is 2.24. The van der Waals surface area contributed by atoms with Gasteiger partial charge >= 0.3 is 0 Å². The Morgan fingerprint density at radius 2 is 1.96 bits per heavy atom. The molecule has 0 amide bonds. The average molecular weight is 343 g/mol. The van der Waals surface area contributed by atoms with Crippen LogP contribution >= 0.6 is 11.6 Å². The molecule has 4 heteroatoms. The van der Waals surface area contributed by atoms with E-state index >= 15 is 0 Å². The number of aryl methyl sites for hydroxylation is 2. The Kier molecular flexibility index (Phi) is 5.54. The number of aliphatic hydroxyl groups is 1. The van der Waals surface area contributed by atoms with Crippen LogP contribution in [0.2, 0.25) is 5.02 Å². The number of benzene rings is 1. The molecule has 0 aliphatic rings. The van der Waals surface area contributed by atoms with Crippen molar-refractivity contribution in [1.29, 1.82) is 0 Å². The normalized spacial score (nSPS) is 11.3. The second kappa shape index (κ2) is 7.82. The van der Waals surface area contributed by atoms with Gasteiger partial charge in [-0.05, 0) is 55.2 Å². The lowest BCUT2D eigenvalue weighted by Gasteiger charge is -2.08. The summed E-state index contributed by atoms with van der Waals surface area (Å²) >= 11 is 6.25. The number of aromatic nitrogens is 2. The van der Waals surface area contributed by atoms with E-state index in [0.717, 1.165) is 42.7 Å². The van der Waals surface area contributed by atoms with Crippen molar-refractivity contribution in [2.45, 2.75) is 32.1 Å². The van der Waals surface area contributed by atoms with Crippen LogP contribution in [0.25, 0.3) is 22.2 Å². The Hall–Kier alpha value is -1.84. The maximum absolute atomic E-state index is 8.93. The largest absolute Gasteiger partial charge is 0.396 e. The van der Waals surface area contributed by atoms with Crippen molar-refractivity contribution in [3.05, 3.63) is 53.3 Å². The number of hydrogen-bond acceptors (Lipinski definition) is 2. The zero-order chi connectivity index (χ0) is 16.9. The van der Waals surface area contributed by atoms with Gasteiger partial charge < -0.3 is 9.67 Å². The van der Waals surface area contributed by atoms with Gasteiger partial charge in [0, 0.05) is 47.5 Å². The Bertz CT molecular complexity index is 811. The van der Waals surface area contributed by atoms with Crippen LogP contribution in [0.3, 0.4) is 0 Å². The summed E-state index contributed by atoms with van der Waals surface area (Å²) in [6.45, 7) is 0.283. The van der Waals surface area contributed by atoms with Crippen LogP contribution in [0.4, 0.5) is 0 Å². The summed E-state index contributed by atoms with van der Waals surface area (Å²) in [5.41, 5.74) is 4.90. The number of unbranched alkanes of at least 4 members (excludes halogenated alkanes) is 3. The minimum atomic E-state index is 0.283. The van der Waals surface area contributed by atoms with Crippen LogP contribution in [-0.2, 0) is 13.5 Å². The van der Waals surface area contributed by atoms with Crippen molar-refractivity contribution in [3.63, 3.8) is 0 Å². The molecular weight excluding hydrogens is 320 g/mol. The molecule has 0 atom stereocenters. The molecule has 0 bridgehead atoms. The SMILES string of the molecule is Cn1c(-c2cccnc2)c(CCCCCCO)c2cc(Cl)ccc21. The summed E-state index contributed by atoms with van der Waals surface area (Å²) in [6, 6.07) is 10.2. The number of hydrogen-bond donors (Lipinski definition) is 1. The number of aliphatic hydroxyl groups excluding tert-OH is 1. The van der Waals surface area contributed by atoms with Crippen molar-refractivity contribution < 1.29 is 5.11 Å². The molecule has 24 heavy (non-hydrogen) atoms. The lowest BCUT2D eigenvalue weighted by Crippen LogP contribution is -1.95. The first-order valence-electron chi connectivity index (χ1n) is 8.50. The van der Waals surface area contributed by atoms with E-state index in [2.05, 4.69) is 34.8 Å². The fraction of sp³-hybridized carbons (Fsp3) is 0.350. The van der Waals surface area contributed by atoms with Gasteiger partial charge in [-0.2, -0.15) is 0 Å².